The van der Waals surface area contributed by atoms with Gasteiger partial charge in [-0.25, -0.2) is 15.0 Å². The third-order valence-corrected chi connectivity index (χ3v) is 3.07. The van der Waals surface area contributed by atoms with Crippen LogP contribution >= 0.6 is 12.2 Å². The molecule has 2 N–H and O–H groups in total. The molecule has 0 saturated carbocycles. The van der Waals surface area contributed by atoms with Crippen LogP contribution in [0.3, 0.4) is 0 Å². The molecule has 3 aromatic rings. The van der Waals surface area contributed by atoms with E-state index in [1.807, 2.05) is 35.8 Å². The summed E-state index contributed by atoms with van der Waals surface area (Å²) in [4.78, 5) is 13.7. The van der Waals surface area contributed by atoms with E-state index in [1.165, 1.54) is 0 Å². The van der Waals surface area contributed by atoms with Gasteiger partial charge in [-0.15, -0.1) is 0 Å². The highest BCUT2D eigenvalue weighted by Gasteiger charge is 2.14. The number of para-hydroxylation sites is 2. The van der Waals surface area contributed by atoms with Gasteiger partial charge in [0.05, 0.1) is 22.4 Å². The number of thiocarbonyl (C=S) groups is 1. The fraction of sp³-hybridized carbons (Fsp3) is 0.143. The van der Waals surface area contributed by atoms with Crippen LogP contribution in [0.2, 0.25) is 0 Å². The average Bonchev–Trinajstić information content (AvgIpc) is 2.77. The van der Waals surface area contributed by atoms with Crippen LogP contribution in [-0.2, 0) is 6.42 Å². The van der Waals surface area contributed by atoms with Crippen molar-refractivity contribution in [2.75, 3.05) is 0 Å². The standard InChI is InChI=1S/C14H13N5S/c1-9-7-16-14(17-8-9)19-11-5-3-2-4-10(11)18-13(19)6-12(15)20/h2-5,7-8H,6H2,1H3,(H2,15,20). The van der Waals surface area contributed by atoms with Crippen molar-refractivity contribution in [2.45, 2.75) is 13.3 Å². The van der Waals surface area contributed by atoms with E-state index in [4.69, 9.17) is 18.0 Å². The quantitative estimate of drug-likeness (QED) is 0.744. The lowest BCUT2D eigenvalue weighted by molar-refractivity contribution is 0.882. The Morgan fingerprint density at radius 2 is 1.95 bits per heavy atom. The van der Waals surface area contributed by atoms with Crippen LogP contribution < -0.4 is 5.73 Å². The molecule has 100 valence electrons. The minimum Gasteiger partial charge on any atom is -0.393 e. The molecular weight excluding hydrogens is 270 g/mol. The van der Waals surface area contributed by atoms with Crippen molar-refractivity contribution in [3.05, 3.63) is 48.0 Å². The second kappa shape index (κ2) is 4.97. The second-order valence-corrected chi connectivity index (χ2v) is 5.08. The van der Waals surface area contributed by atoms with Crippen molar-refractivity contribution in [3.8, 4) is 5.95 Å². The van der Waals surface area contributed by atoms with E-state index in [-0.39, 0.29) is 0 Å². The second-order valence-electron chi connectivity index (χ2n) is 4.56. The number of aryl methyl sites for hydroxylation is 1. The number of hydrogen-bond donors (Lipinski definition) is 1. The normalized spacial score (nSPS) is 10.8. The van der Waals surface area contributed by atoms with E-state index in [0.29, 0.717) is 17.4 Å². The van der Waals surface area contributed by atoms with Crippen molar-refractivity contribution in [1.82, 2.24) is 19.5 Å². The van der Waals surface area contributed by atoms with E-state index < -0.39 is 0 Å². The Balaban J connectivity index is 2.25. The van der Waals surface area contributed by atoms with Crippen LogP contribution in [0.25, 0.3) is 17.0 Å². The maximum absolute atomic E-state index is 5.65. The fourth-order valence-electron chi connectivity index (χ4n) is 2.07. The number of nitrogens with two attached hydrogens (primary N) is 1. The van der Waals surface area contributed by atoms with E-state index >= 15 is 0 Å². The molecule has 0 bridgehead atoms. The zero-order chi connectivity index (χ0) is 14.1. The van der Waals surface area contributed by atoms with Crippen LogP contribution in [0.4, 0.5) is 0 Å². The number of fused-ring (bicyclic) bond motifs is 1. The molecule has 3 rings (SSSR count). The molecule has 20 heavy (non-hydrogen) atoms. The lowest BCUT2D eigenvalue weighted by Crippen LogP contribution is -2.15. The van der Waals surface area contributed by atoms with Crippen LogP contribution in [0.1, 0.15) is 11.4 Å². The zero-order valence-electron chi connectivity index (χ0n) is 10.9. The lowest BCUT2D eigenvalue weighted by atomic mass is 10.3. The SMILES string of the molecule is Cc1cnc(-n2c(CC(N)=S)nc3ccccc32)nc1. The van der Waals surface area contributed by atoms with Gasteiger partial charge in [0.2, 0.25) is 5.95 Å². The minimum absolute atomic E-state index is 0.397. The average molecular weight is 283 g/mol. The van der Waals surface area contributed by atoms with Gasteiger partial charge in [-0.1, -0.05) is 24.4 Å². The number of nitrogens with zero attached hydrogens (tertiary/aromatic N) is 4. The molecule has 5 nitrogen and oxygen atoms in total. The number of aromatic nitrogens is 4. The molecule has 0 saturated heterocycles. The third kappa shape index (κ3) is 2.25. The van der Waals surface area contributed by atoms with Crippen LogP contribution in [-0.4, -0.2) is 24.5 Å². The summed E-state index contributed by atoms with van der Waals surface area (Å²) >= 11 is 5.00. The molecule has 0 aliphatic carbocycles. The molecule has 6 heteroatoms. The Kier molecular flexibility index (Phi) is 3.15. The first kappa shape index (κ1) is 12.7. The van der Waals surface area contributed by atoms with Crippen LogP contribution in [0.15, 0.2) is 36.7 Å². The predicted octanol–water partition coefficient (Wildman–Crippen LogP) is 1.95. The van der Waals surface area contributed by atoms with Crippen molar-refractivity contribution in [2.24, 2.45) is 5.73 Å². The fourth-order valence-corrected chi connectivity index (χ4v) is 2.20. The van der Waals surface area contributed by atoms with Gasteiger partial charge in [0.15, 0.2) is 0 Å². The van der Waals surface area contributed by atoms with Crippen LogP contribution in [0, 0.1) is 6.92 Å². The van der Waals surface area contributed by atoms with Crippen molar-refractivity contribution in [3.63, 3.8) is 0 Å². The van der Waals surface area contributed by atoms with Gasteiger partial charge in [-0.2, -0.15) is 0 Å². The number of benzene rings is 1. The Morgan fingerprint density at radius 1 is 1.25 bits per heavy atom. The first-order valence-corrected chi connectivity index (χ1v) is 6.59. The first-order valence-electron chi connectivity index (χ1n) is 6.19. The molecule has 0 aliphatic heterocycles. The Morgan fingerprint density at radius 3 is 2.65 bits per heavy atom. The van der Waals surface area contributed by atoms with Gasteiger partial charge in [0, 0.05) is 12.4 Å². The summed E-state index contributed by atoms with van der Waals surface area (Å²) in [6, 6.07) is 7.83. The largest absolute Gasteiger partial charge is 0.393 e. The number of imidazole rings is 1. The molecule has 0 amide bonds. The molecular formula is C14H13N5S. The van der Waals surface area contributed by atoms with Gasteiger partial charge in [0.25, 0.3) is 0 Å². The van der Waals surface area contributed by atoms with Gasteiger partial charge in [0.1, 0.15) is 5.82 Å². The smallest absolute Gasteiger partial charge is 0.235 e. The molecule has 0 fully saturated rings. The lowest BCUT2D eigenvalue weighted by Gasteiger charge is -2.06. The highest BCUT2D eigenvalue weighted by molar-refractivity contribution is 7.80. The maximum Gasteiger partial charge on any atom is 0.235 e. The first-order chi connectivity index (χ1) is 9.65. The van der Waals surface area contributed by atoms with Crippen LogP contribution in [0.5, 0.6) is 0 Å². The summed E-state index contributed by atoms with van der Waals surface area (Å²) in [7, 11) is 0. The van der Waals surface area contributed by atoms with Gasteiger partial charge in [-0.3, -0.25) is 4.57 Å². The minimum atomic E-state index is 0.397. The zero-order valence-corrected chi connectivity index (χ0v) is 11.8. The molecule has 0 unspecified atom stereocenters. The van der Waals surface area contributed by atoms with Gasteiger partial charge < -0.3 is 5.73 Å². The maximum atomic E-state index is 5.65. The Labute approximate surface area is 121 Å². The molecule has 0 aliphatic rings. The summed E-state index contributed by atoms with van der Waals surface area (Å²) in [5, 5.41) is 0. The monoisotopic (exact) mass is 283 g/mol. The van der Waals surface area contributed by atoms with E-state index in [1.54, 1.807) is 12.4 Å². The molecule has 0 radical (unpaired) electrons. The van der Waals surface area contributed by atoms with E-state index in [0.717, 1.165) is 22.4 Å². The topological polar surface area (TPSA) is 69.6 Å². The van der Waals surface area contributed by atoms with Crippen molar-refractivity contribution < 1.29 is 0 Å². The summed E-state index contributed by atoms with van der Waals surface area (Å²) in [6.07, 6.45) is 3.98. The highest BCUT2D eigenvalue weighted by Crippen LogP contribution is 2.19. The molecule has 0 atom stereocenters. The molecule has 0 spiro atoms. The predicted molar refractivity (Wildman–Crippen MR) is 81.9 cm³/mol. The van der Waals surface area contributed by atoms with Crippen molar-refractivity contribution >= 4 is 28.2 Å². The molecule has 2 aromatic heterocycles. The van der Waals surface area contributed by atoms with E-state index in [9.17, 15) is 0 Å². The van der Waals surface area contributed by atoms with Gasteiger partial charge in [-0.05, 0) is 24.6 Å². The Hall–Kier alpha value is -2.34. The summed E-state index contributed by atoms with van der Waals surface area (Å²) in [5.41, 5.74) is 8.49. The summed E-state index contributed by atoms with van der Waals surface area (Å²) in [6.45, 7) is 1.95. The summed E-state index contributed by atoms with van der Waals surface area (Å²) < 4.78 is 1.90. The highest BCUT2D eigenvalue weighted by atomic mass is 32.1. The van der Waals surface area contributed by atoms with Crippen molar-refractivity contribution in [1.29, 1.82) is 0 Å². The summed E-state index contributed by atoms with van der Waals surface area (Å²) in [5.74, 6) is 1.33. The van der Waals surface area contributed by atoms with E-state index in [2.05, 4.69) is 15.0 Å². The third-order valence-electron chi connectivity index (χ3n) is 2.93. The number of rotatable bonds is 3. The number of hydrogen-bond acceptors (Lipinski definition) is 4. The Bertz CT molecular complexity index is 776. The molecule has 2 heterocycles. The molecule has 1 aromatic carbocycles. The van der Waals surface area contributed by atoms with Gasteiger partial charge >= 0.3 is 0 Å².